The zero-order chi connectivity index (χ0) is 28.1. The summed E-state index contributed by atoms with van der Waals surface area (Å²) < 4.78 is 11.2. The number of thiophene rings is 1. The third-order valence-electron chi connectivity index (χ3n) is 9.00. The standard InChI is InChI=1S/C40H23NOS/c1-2-8-28-25(7-1)15-21-34-38(28)32-20-19-31-30-10-4-6-12-37(30)43-40(31)39(32)41(34)27-17-13-24(14-18-27)26-16-22-36-33(23-26)29-9-3-5-11-35(29)42-36/h1-23H. The molecule has 2 nitrogen and oxygen atoms in total. The number of furan rings is 1. The van der Waals surface area contributed by atoms with Crippen molar-refractivity contribution in [1.82, 2.24) is 4.57 Å². The molecule has 0 radical (unpaired) electrons. The molecule has 0 aliphatic heterocycles. The van der Waals surface area contributed by atoms with Gasteiger partial charge >= 0.3 is 0 Å². The van der Waals surface area contributed by atoms with Crippen LogP contribution in [0.3, 0.4) is 0 Å². The Balaban J connectivity index is 1.24. The predicted molar refractivity (Wildman–Crippen MR) is 184 cm³/mol. The summed E-state index contributed by atoms with van der Waals surface area (Å²) in [4.78, 5) is 0. The normalized spacial score (nSPS) is 12.2. The van der Waals surface area contributed by atoms with Crippen LogP contribution in [-0.4, -0.2) is 4.57 Å². The maximum Gasteiger partial charge on any atom is 0.135 e. The van der Waals surface area contributed by atoms with Gasteiger partial charge in [0.1, 0.15) is 11.2 Å². The van der Waals surface area contributed by atoms with E-state index < -0.39 is 0 Å². The van der Waals surface area contributed by atoms with Gasteiger partial charge in [-0.15, -0.1) is 11.3 Å². The quantitative estimate of drug-likeness (QED) is 0.204. The lowest BCUT2D eigenvalue weighted by molar-refractivity contribution is 0.669. The van der Waals surface area contributed by atoms with Crippen LogP contribution in [0.4, 0.5) is 0 Å². The van der Waals surface area contributed by atoms with E-state index in [0.717, 1.165) is 21.9 Å². The van der Waals surface area contributed by atoms with Crippen LogP contribution in [0.2, 0.25) is 0 Å². The fraction of sp³-hybridized carbons (Fsp3) is 0. The molecule has 0 amide bonds. The van der Waals surface area contributed by atoms with Gasteiger partial charge in [-0.2, -0.15) is 0 Å². The van der Waals surface area contributed by atoms with Crippen molar-refractivity contribution in [3.8, 4) is 16.8 Å². The average molecular weight is 566 g/mol. The van der Waals surface area contributed by atoms with Crippen LogP contribution in [0.1, 0.15) is 0 Å². The Morgan fingerprint density at radius 2 is 1.21 bits per heavy atom. The molecule has 0 aliphatic carbocycles. The summed E-state index contributed by atoms with van der Waals surface area (Å²) in [5, 5.41) is 10.1. The number of fused-ring (bicyclic) bond motifs is 12. The summed E-state index contributed by atoms with van der Waals surface area (Å²) in [6, 6.07) is 50.5. The summed E-state index contributed by atoms with van der Waals surface area (Å²) >= 11 is 1.89. The van der Waals surface area contributed by atoms with Crippen molar-refractivity contribution in [3.05, 3.63) is 140 Å². The molecule has 0 bridgehead atoms. The number of hydrogen-bond donors (Lipinski definition) is 0. The second kappa shape index (κ2) is 8.57. The Labute approximate surface area is 250 Å². The number of aromatic nitrogens is 1. The molecule has 7 aromatic carbocycles. The van der Waals surface area contributed by atoms with E-state index in [9.17, 15) is 0 Å². The predicted octanol–water partition coefficient (Wildman–Crippen LogP) is 11.9. The molecule has 0 aliphatic rings. The number of rotatable bonds is 2. The fourth-order valence-corrected chi connectivity index (χ4v) is 8.27. The van der Waals surface area contributed by atoms with Gasteiger partial charge in [-0.25, -0.2) is 0 Å². The minimum atomic E-state index is 0.923. The first kappa shape index (κ1) is 23.2. The van der Waals surface area contributed by atoms with Gasteiger partial charge in [0, 0.05) is 42.7 Å². The molecular weight excluding hydrogens is 543 g/mol. The zero-order valence-corrected chi connectivity index (χ0v) is 23.9. The molecular formula is C40H23NOS. The van der Waals surface area contributed by atoms with E-state index in [2.05, 4.69) is 132 Å². The highest BCUT2D eigenvalue weighted by molar-refractivity contribution is 7.26. The number of para-hydroxylation sites is 1. The highest BCUT2D eigenvalue weighted by Gasteiger charge is 2.19. The first-order valence-corrected chi connectivity index (χ1v) is 15.4. The highest BCUT2D eigenvalue weighted by Crippen LogP contribution is 2.44. The fourth-order valence-electron chi connectivity index (χ4n) is 7.03. The van der Waals surface area contributed by atoms with Crippen LogP contribution < -0.4 is 0 Å². The first-order valence-electron chi connectivity index (χ1n) is 14.6. The molecule has 0 unspecified atom stereocenters. The van der Waals surface area contributed by atoms with Gasteiger partial charge in [0.05, 0.1) is 15.7 Å². The number of nitrogens with zero attached hydrogens (tertiary/aromatic N) is 1. The maximum atomic E-state index is 6.08. The molecule has 3 heteroatoms. The SMILES string of the molecule is c1ccc2c(c1)ccc1c2c2ccc3c4ccccc4sc3c2n1-c1ccc(-c2ccc3oc4ccccc4c3c2)cc1. The molecule has 0 fully saturated rings. The Hall–Kier alpha value is -5.38. The van der Waals surface area contributed by atoms with Crippen molar-refractivity contribution in [1.29, 1.82) is 0 Å². The lowest BCUT2D eigenvalue weighted by atomic mass is 10.0. The lowest BCUT2D eigenvalue weighted by Gasteiger charge is -2.10. The molecule has 0 saturated heterocycles. The minimum Gasteiger partial charge on any atom is -0.456 e. The van der Waals surface area contributed by atoms with Crippen LogP contribution in [-0.2, 0) is 0 Å². The van der Waals surface area contributed by atoms with Crippen LogP contribution in [0.25, 0.3) is 91.5 Å². The average Bonchev–Trinajstić information content (AvgIpc) is 3.74. The summed E-state index contributed by atoms with van der Waals surface area (Å²) in [5.74, 6) is 0. The Morgan fingerprint density at radius 1 is 0.488 bits per heavy atom. The molecule has 0 spiro atoms. The minimum absolute atomic E-state index is 0.923. The molecule has 10 rings (SSSR count). The summed E-state index contributed by atoms with van der Waals surface area (Å²) in [7, 11) is 0. The third-order valence-corrected chi connectivity index (χ3v) is 10.2. The van der Waals surface area contributed by atoms with Crippen LogP contribution >= 0.6 is 11.3 Å². The molecule has 0 N–H and O–H groups in total. The second-order valence-electron chi connectivity index (χ2n) is 11.3. The first-order chi connectivity index (χ1) is 21.3. The lowest BCUT2D eigenvalue weighted by Crippen LogP contribution is -1.94. The molecule has 10 aromatic rings. The van der Waals surface area contributed by atoms with E-state index >= 15 is 0 Å². The molecule has 43 heavy (non-hydrogen) atoms. The number of benzene rings is 7. The molecule has 3 aromatic heterocycles. The van der Waals surface area contributed by atoms with Crippen LogP contribution in [0, 0.1) is 0 Å². The van der Waals surface area contributed by atoms with Gasteiger partial charge in [0.15, 0.2) is 0 Å². The van der Waals surface area contributed by atoms with Crippen molar-refractivity contribution in [2.45, 2.75) is 0 Å². The van der Waals surface area contributed by atoms with Crippen molar-refractivity contribution in [2.75, 3.05) is 0 Å². The molecule has 0 atom stereocenters. The summed E-state index contributed by atoms with van der Waals surface area (Å²) in [6.07, 6.45) is 0. The second-order valence-corrected chi connectivity index (χ2v) is 12.4. The molecule has 0 saturated carbocycles. The van der Waals surface area contributed by atoms with E-state index in [-0.39, 0.29) is 0 Å². The van der Waals surface area contributed by atoms with E-state index in [1.807, 2.05) is 23.5 Å². The third kappa shape index (κ3) is 3.23. The van der Waals surface area contributed by atoms with Crippen LogP contribution in [0.15, 0.2) is 144 Å². The van der Waals surface area contributed by atoms with E-state index in [1.165, 1.54) is 69.6 Å². The monoisotopic (exact) mass is 565 g/mol. The van der Waals surface area contributed by atoms with E-state index in [1.54, 1.807) is 0 Å². The highest BCUT2D eigenvalue weighted by atomic mass is 32.1. The Bertz CT molecular complexity index is 2720. The topological polar surface area (TPSA) is 18.1 Å². The van der Waals surface area contributed by atoms with E-state index in [0.29, 0.717) is 0 Å². The van der Waals surface area contributed by atoms with Crippen molar-refractivity contribution < 1.29 is 4.42 Å². The van der Waals surface area contributed by atoms with Gasteiger partial charge in [0.2, 0.25) is 0 Å². The van der Waals surface area contributed by atoms with E-state index in [4.69, 9.17) is 4.42 Å². The summed E-state index contributed by atoms with van der Waals surface area (Å²) in [6.45, 7) is 0. The van der Waals surface area contributed by atoms with Gasteiger partial charge in [-0.3, -0.25) is 0 Å². The van der Waals surface area contributed by atoms with Gasteiger partial charge in [-0.05, 0) is 64.4 Å². The Kier molecular flexibility index (Phi) is 4.63. The van der Waals surface area contributed by atoms with Crippen molar-refractivity contribution >= 4 is 86.0 Å². The van der Waals surface area contributed by atoms with Gasteiger partial charge in [0.25, 0.3) is 0 Å². The largest absolute Gasteiger partial charge is 0.456 e. The van der Waals surface area contributed by atoms with Crippen molar-refractivity contribution in [3.63, 3.8) is 0 Å². The van der Waals surface area contributed by atoms with Gasteiger partial charge < -0.3 is 8.98 Å². The molecule has 3 heterocycles. The van der Waals surface area contributed by atoms with Crippen molar-refractivity contribution in [2.24, 2.45) is 0 Å². The number of hydrogen-bond acceptors (Lipinski definition) is 2. The summed E-state index contributed by atoms with van der Waals surface area (Å²) in [5.41, 5.74) is 7.91. The van der Waals surface area contributed by atoms with Crippen LogP contribution in [0.5, 0.6) is 0 Å². The Morgan fingerprint density at radius 3 is 2.12 bits per heavy atom. The van der Waals surface area contributed by atoms with Gasteiger partial charge in [-0.1, -0.05) is 97.1 Å². The molecule has 200 valence electrons. The maximum absolute atomic E-state index is 6.08. The zero-order valence-electron chi connectivity index (χ0n) is 23.0. The smallest absolute Gasteiger partial charge is 0.135 e.